The second-order valence-corrected chi connectivity index (χ2v) is 3.98. The lowest BCUT2D eigenvalue weighted by molar-refractivity contribution is 1.26. The van der Waals surface area contributed by atoms with Crippen LogP contribution in [0.25, 0.3) is 11.4 Å². The molecule has 2 aromatic rings. The Balaban J connectivity index is 0.000000531. The van der Waals surface area contributed by atoms with Gasteiger partial charge in [-0.05, 0) is 30.6 Å². The minimum atomic E-state index is 0.695. The van der Waals surface area contributed by atoms with Gasteiger partial charge in [-0.25, -0.2) is 4.98 Å². The van der Waals surface area contributed by atoms with Gasteiger partial charge >= 0.3 is 0 Å². The number of benzene rings is 1. The third kappa shape index (κ3) is 3.01. The van der Waals surface area contributed by atoms with E-state index in [0.717, 1.165) is 10.6 Å². The fourth-order valence-electron chi connectivity index (χ4n) is 1.05. The summed E-state index contributed by atoms with van der Waals surface area (Å²) in [7, 11) is 0. The fourth-order valence-corrected chi connectivity index (χ4v) is 1.76. The Hall–Kier alpha value is -0.930. The Labute approximate surface area is 99.1 Å². The van der Waals surface area contributed by atoms with Crippen LogP contribution in [0.1, 0.15) is 18.9 Å². The third-order valence-electron chi connectivity index (χ3n) is 1.64. The van der Waals surface area contributed by atoms with Crippen molar-refractivity contribution in [2.24, 2.45) is 0 Å². The van der Waals surface area contributed by atoms with E-state index in [0.29, 0.717) is 10.8 Å². The van der Waals surface area contributed by atoms with Gasteiger partial charge < -0.3 is 0 Å². The molecule has 0 spiro atoms. The normalized spacial score (nSPS) is 9.33. The maximum atomic E-state index is 5.99. The summed E-state index contributed by atoms with van der Waals surface area (Å²) in [4.78, 5) is 4.26. The molecule has 1 aromatic carbocycles. The first-order valence-electron chi connectivity index (χ1n) is 4.82. The Kier molecular flexibility index (Phi) is 4.72. The molecule has 0 unspecified atom stereocenters. The molecule has 4 heteroatoms. The second-order valence-electron chi connectivity index (χ2n) is 2.62. The Morgan fingerprint density at radius 2 is 1.87 bits per heavy atom. The van der Waals surface area contributed by atoms with Gasteiger partial charge in [0.05, 0.1) is 5.02 Å². The quantitative estimate of drug-likeness (QED) is 0.747. The topological polar surface area (TPSA) is 25.8 Å². The standard InChI is InChI=1S/C9H7ClN2S.C2H6/c1-6-11-9(12-13-6)7-4-2-3-5-8(7)10;1-2/h2-5H,1H3;1-2H3. The minimum Gasteiger partial charge on any atom is -0.220 e. The first-order valence-corrected chi connectivity index (χ1v) is 5.98. The number of rotatable bonds is 1. The van der Waals surface area contributed by atoms with E-state index in [1.807, 2.05) is 45.0 Å². The number of hydrogen-bond donors (Lipinski definition) is 0. The van der Waals surface area contributed by atoms with Gasteiger partial charge in [0.1, 0.15) is 5.01 Å². The summed E-state index contributed by atoms with van der Waals surface area (Å²) < 4.78 is 4.19. The molecule has 0 bridgehead atoms. The highest BCUT2D eigenvalue weighted by Crippen LogP contribution is 2.25. The fraction of sp³-hybridized carbons (Fsp3) is 0.273. The van der Waals surface area contributed by atoms with Crippen molar-refractivity contribution in [1.82, 2.24) is 9.36 Å². The van der Waals surface area contributed by atoms with Crippen LogP contribution in [0.3, 0.4) is 0 Å². The lowest BCUT2D eigenvalue weighted by atomic mass is 10.2. The van der Waals surface area contributed by atoms with Crippen LogP contribution in [0, 0.1) is 6.92 Å². The summed E-state index contributed by atoms with van der Waals surface area (Å²) in [6.07, 6.45) is 0. The minimum absolute atomic E-state index is 0.695. The average Bonchev–Trinajstić information content (AvgIpc) is 2.68. The highest BCUT2D eigenvalue weighted by atomic mass is 35.5. The largest absolute Gasteiger partial charge is 0.220 e. The molecule has 0 N–H and O–H groups in total. The van der Waals surface area contributed by atoms with Crippen molar-refractivity contribution in [2.75, 3.05) is 0 Å². The summed E-state index contributed by atoms with van der Waals surface area (Å²) in [5.41, 5.74) is 0.897. The summed E-state index contributed by atoms with van der Waals surface area (Å²) in [6.45, 7) is 5.93. The summed E-state index contributed by atoms with van der Waals surface area (Å²) in [5, 5.41) is 1.65. The maximum Gasteiger partial charge on any atom is 0.174 e. The first-order chi connectivity index (χ1) is 7.27. The number of aryl methyl sites for hydroxylation is 1. The van der Waals surface area contributed by atoms with E-state index in [1.54, 1.807) is 0 Å². The SMILES string of the molecule is CC.Cc1nc(-c2ccccc2Cl)ns1. The van der Waals surface area contributed by atoms with Crippen molar-refractivity contribution in [2.45, 2.75) is 20.8 Å². The van der Waals surface area contributed by atoms with Crippen molar-refractivity contribution in [3.63, 3.8) is 0 Å². The molecule has 1 aromatic heterocycles. The summed E-state index contributed by atoms with van der Waals surface area (Å²) >= 11 is 7.38. The van der Waals surface area contributed by atoms with Gasteiger partial charge in [0, 0.05) is 5.56 Å². The van der Waals surface area contributed by atoms with Gasteiger partial charge in [-0.3, -0.25) is 0 Å². The van der Waals surface area contributed by atoms with Gasteiger partial charge in [0.25, 0.3) is 0 Å². The van der Waals surface area contributed by atoms with E-state index in [4.69, 9.17) is 11.6 Å². The van der Waals surface area contributed by atoms with Gasteiger partial charge in [0.2, 0.25) is 0 Å². The Morgan fingerprint density at radius 1 is 1.20 bits per heavy atom. The van der Waals surface area contributed by atoms with Crippen LogP contribution >= 0.6 is 23.1 Å². The lowest BCUT2D eigenvalue weighted by Crippen LogP contribution is -1.81. The molecule has 0 amide bonds. The van der Waals surface area contributed by atoms with Crippen LogP contribution in [0.2, 0.25) is 5.02 Å². The van der Waals surface area contributed by atoms with Crippen LogP contribution in [-0.2, 0) is 0 Å². The molecule has 2 rings (SSSR count). The van der Waals surface area contributed by atoms with Crippen molar-refractivity contribution >= 4 is 23.1 Å². The first kappa shape index (κ1) is 12.1. The smallest absolute Gasteiger partial charge is 0.174 e. The molecular formula is C11H13ClN2S. The number of aromatic nitrogens is 2. The molecule has 0 radical (unpaired) electrons. The molecule has 1 heterocycles. The zero-order chi connectivity index (χ0) is 11.3. The van der Waals surface area contributed by atoms with Crippen molar-refractivity contribution in [3.05, 3.63) is 34.3 Å². The van der Waals surface area contributed by atoms with Crippen molar-refractivity contribution < 1.29 is 0 Å². The lowest BCUT2D eigenvalue weighted by Gasteiger charge is -1.96. The van der Waals surface area contributed by atoms with Crippen LogP contribution in [0.5, 0.6) is 0 Å². The van der Waals surface area contributed by atoms with Gasteiger partial charge in [-0.1, -0.05) is 37.6 Å². The van der Waals surface area contributed by atoms with E-state index < -0.39 is 0 Å². The number of halogens is 1. The number of hydrogen-bond acceptors (Lipinski definition) is 3. The predicted molar refractivity (Wildman–Crippen MR) is 66.4 cm³/mol. The molecule has 0 aliphatic carbocycles. The van der Waals surface area contributed by atoms with Crippen LogP contribution in [-0.4, -0.2) is 9.36 Å². The van der Waals surface area contributed by atoms with Crippen molar-refractivity contribution in [3.8, 4) is 11.4 Å². The molecule has 15 heavy (non-hydrogen) atoms. The van der Waals surface area contributed by atoms with Crippen LogP contribution in [0.4, 0.5) is 0 Å². The molecule has 0 aliphatic heterocycles. The highest BCUT2D eigenvalue weighted by Gasteiger charge is 2.06. The van der Waals surface area contributed by atoms with Gasteiger partial charge in [-0.15, -0.1) is 0 Å². The van der Waals surface area contributed by atoms with E-state index in [-0.39, 0.29) is 0 Å². The van der Waals surface area contributed by atoms with Gasteiger partial charge in [0.15, 0.2) is 5.82 Å². The van der Waals surface area contributed by atoms with E-state index in [2.05, 4.69) is 9.36 Å². The molecule has 0 saturated heterocycles. The molecule has 2 nitrogen and oxygen atoms in total. The van der Waals surface area contributed by atoms with E-state index >= 15 is 0 Å². The van der Waals surface area contributed by atoms with Crippen LogP contribution < -0.4 is 0 Å². The molecule has 80 valence electrons. The Bertz CT molecular complexity index is 426. The Morgan fingerprint density at radius 3 is 2.40 bits per heavy atom. The van der Waals surface area contributed by atoms with Crippen molar-refractivity contribution in [1.29, 1.82) is 0 Å². The molecule has 0 saturated carbocycles. The van der Waals surface area contributed by atoms with E-state index in [9.17, 15) is 0 Å². The maximum absolute atomic E-state index is 5.99. The molecule has 0 aliphatic rings. The third-order valence-corrected chi connectivity index (χ3v) is 2.59. The van der Waals surface area contributed by atoms with E-state index in [1.165, 1.54) is 11.5 Å². The summed E-state index contributed by atoms with van der Waals surface area (Å²) in [6, 6.07) is 7.58. The molecule has 0 fully saturated rings. The average molecular weight is 241 g/mol. The number of nitrogens with zero attached hydrogens (tertiary/aromatic N) is 2. The highest BCUT2D eigenvalue weighted by molar-refractivity contribution is 7.05. The zero-order valence-electron chi connectivity index (χ0n) is 8.99. The monoisotopic (exact) mass is 240 g/mol. The zero-order valence-corrected chi connectivity index (χ0v) is 10.6. The van der Waals surface area contributed by atoms with Gasteiger partial charge in [-0.2, -0.15) is 4.37 Å². The predicted octanol–water partition coefficient (Wildman–Crippen LogP) is 4.19. The second kappa shape index (κ2) is 5.83. The molecular weight excluding hydrogens is 228 g/mol. The van der Waals surface area contributed by atoms with Crippen LogP contribution in [0.15, 0.2) is 24.3 Å². The summed E-state index contributed by atoms with van der Waals surface area (Å²) in [5.74, 6) is 0.716. The molecule has 0 atom stereocenters.